The minimum Gasteiger partial charge on any atom is -0.330 e. The van der Waals surface area contributed by atoms with Crippen molar-refractivity contribution in [1.82, 2.24) is 4.90 Å². The van der Waals surface area contributed by atoms with Crippen molar-refractivity contribution >= 4 is 0 Å². The Labute approximate surface area is 95.2 Å². The van der Waals surface area contributed by atoms with Crippen LogP contribution in [-0.4, -0.2) is 31.1 Å². The molecular weight excluding hydrogens is 184 g/mol. The first-order valence-electron chi connectivity index (χ1n) is 6.46. The average Bonchev–Trinajstić information content (AvgIpc) is 2.40. The Kier molecular flexibility index (Phi) is 5.07. The van der Waals surface area contributed by atoms with E-state index in [4.69, 9.17) is 5.73 Å². The lowest BCUT2D eigenvalue weighted by molar-refractivity contribution is 0.156. The van der Waals surface area contributed by atoms with Crippen LogP contribution >= 0.6 is 0 Å². The zero-order valence-corrected chi connectivity index (χ0v) is 10.8. The lowest BCUT2D eigenvalue weighted by Gasteiger charge is -2.34. The van der Waals surface area contributed by atoms with E-state index >= 15 is 0 Å². The molecule has 0 aromatic heterocycles. The van der Waals surface area contributed by atoms with Gasteiger partial charge in [0, 0.05) is 6.54 Å². The first-order chi connectivity index (χ1) is 7.04. The molecule has 0 aromatic carbocycles. The van der Waals surface area contributed by atoms with Crippen LogP contribution in [0.4, 0.5) is 0 Å². The summed E-state index contributed by atoms with van der Waals surface area (Å²) in [4.78, 5) is 2.62. The molecule has 15 heavy (non-hydrogen) atoms. The number of hydrogen-bond acceptors (Lipinski definition) is 2. The summed E-state index contributed by atoms with van der Waals surface area (Å²) in [6.07, 6.45) is 5.58. The molecule has 0 radical (unpaired) electrons. The maximum atomic E-state index is 5.89. The molecule has 0 amide bonds. The van der Waals surface area contributed by atoms with Crippen molar-refractivity contribution in [3.8, 4) is 0 Å². The fourth-order valence-corrected chi connectivity index (χ4v) is 2.33. The summed E-state index contributed by atoms with van der Waals surface area (Å²) < 4.78 is 0. The predicted molar refractivity (Wildman–Crippen MR) is 66.9 cm³/mol. The highest BCUT2D eigenvalue weighted by Crippen LogP contribution is 2.26. The van der Waals surface area contributed by atoms with Gasteiger partial charge in [-0.1, -0.05) is 33.6 Å². The molecule has 2 nitrogen and oxygen atoms in total. The molecule has 1 heterocycles. The molecular formula is C13H28N2. The summed E-state index contributed by atoms with van der Waals surface area (Å²) in [5.74, 6) is 0.635. The molecule has 1 saturated heterocycles. The lowest BCUT2D eigenvalue weighted by atomic mass is 9.80. The molecule has 1 rings (SSSR count). The Morgan fingerprint density at radius 2 is 1.60 bits per heavy atom. The van der Waals surface area contributed by atoms with E-state index < -0.39 is 0 Å². The van der Waals surface area contributed by atoms with Gasteiger partial charge in [0.15, 0.2) is 0 Å². The van der Waals surface area contributed by atoms with Gasteiger partial charge in [-0.2, -0.15) is 0 Å². The van der Waals surface area contributed by atoms with Gasteiger partial charge in [-0.05, 0) is 43.8 Å². The van der Waals surface area contributed by atoms with Gasteiger partial charge in [0.25, 0.3) is 0 Å². The topological polar surface area (TPSA) is 29.3 Å². The van der Waals surface area contributed by atoms with Crippen molar-refractivity contribution in [2.24, 2.45) is 17.1 Å². The highest BCUT2D eigenvalue weighted by atomic mass is 15.1. The van der Waals surface area contributed by atoms with Crippen molar-refractivity contribution < 1.29 is 0 Å². The predicted octanol–water partition coefficient (Wildman–Crippen LogP) is 2.48. The SMILES string of the molecule is CC(C)(C)C(CN)CN1CCCCCC1. The van der Waals surface area contributed by atoms with Crippen LogP contribution in [0.5, 0.6) is 0 Å². The van der Waals surface area contributed by atoms with Crippen molar-refractivity contribution in [2.75, 3.05) is 26.2 Å². The van der Waals surface area contributed by atoms with E-state index in [1.807, 2.05) is 0 Å². The first kappa shape index (κ1) is 13.0. The number of nitrogens with zero attached hydrogens (tertiary/aromatic N) is 1. The third-order valence-corrected chi connectivity index (χ3v) is 3.69. The van der Waals surface area contributed by atoms with Gasteiger partial charge >= 0.3 is 0 Å². The Morgan fingerprint density at radius 3 is 2.00 bits per heavy atom. The van der Waals surface area contributed by atoms with E-state index in [1.165, 1.54) is 45.3 Å². The quantitative estimate of drug-likeness (QED) is 0.779. The van der Waals surface area contributed by atoms with Crippen LogP contribution in [-0.2, 0) is 0 Å². The van der Waals surface area contributed by atoms with Gasteiger partial charge in [-0.25, -0.2) is 0 Å². The van der Waals surface area contributed by atoms with Gasteiger partial charge in [-0.3, -0.25) is 0 Å². The fourth-order valence-electron chi connectivity index (χ4n) is 2.33. The summed E-state index contributed by atoms with van der Waals surface area (Å²) >= 11 is 0. The fraction of sp³-hybridized carbons (Fsp3) is 1.00. The second-order valence-corrected chi connectivity index (χ2v) is 6.01. The van der Waals surface area contributed by atoms with Crippen molar-refractivity contribution in [3.63, 3.8) is 0 Å². The van der Waals surface area contributed by atoms with Gasteiger partial charge in [0.2, 0.25) is 0 Å². The number of likely N-dealkylation sites (tertiary alicyclic amines) is 1. The minimum atomic E-state index is 0.348. The Morgan fingerprint density at radius 1 is 1.07 bits per heavy atom. The van der Waals surface area contributed by atoms with Crippen LogP contribution in [0.3, 0.4) is 0 Å². The summed E-state index contributed by atoms with van der Waals surface area (Å²) in [5.41, 5.74) is 6.24. The summed E-state index contributed by atoms with van der Waals surface area (Å²) in [6, 6.07) is 0. The Bertz CT molecular complexity index is 164. The third-order valence-electron chi connectivity index (χ3n) is 3.69. The smallest absolute Gasteiger partial charge is 0.00267 e. The molecule has 1 fully saturated rings. The number of rotatable bonds is 3. The molecule has 2 heteroatoms. The normalized spacial score (nSPS) is 22.4. The van der Waals surface area contributed by atoms with E-state index in [2.05, 4.69) is 25.7 Å². The van der Waals surface area contributed by atoms with Crippen molar-refractivity contribution in [3.05, 3.63) is 0 Å². The van der Waals surface area contributed by atoms with E-state index in [0.29, 0.717) is 11.3 Å². The molecule has 2 N–H and O–H groups in total. The molecule has 0 saturated carbocycles. The van der Waals surface area contributed by atoms with Crippen LogP contribution in [0.25, 0.3) is 0 Å². The molecule has 1 aliphatic rings. The van der Waals surface area contributed by atoms with Gasteiger partial charge in [0.05, 0.1) is 0 Å². The highest BCUT2D eigenvalue weighted by Gasteiger charge is 2.25. The van der Waals surface area contributed by atoms with E-state index in [1.54, 1.807) is 0 Å². The van der Waals surface area contributed by atoms with E-state index in [-0.39, 0.29) is 0 Å². The number of nitrogens with two attached hydrogens (primary N) is 1. The van der Waals surface area contributed by atoms with Crippen LogP contribution in [0, 0.1) is 11.3 Å². The molecule has 1 atom stereocenters. The maximum Gasteiger partial charge on any atom is 0.00267 e. The zero-order valence-electron chi connectivity index (χ0n) is 10.8. The Balaban J connectivity index is 2.42. The lowest BCUT2D eigenvalue weighted by Crippen LogP contribution is -2.39. The largest absolute Gasteiger partial charge is 0.330 e. The van der Waals surface area contributed by atoms with Gasteiger partial charge < -0.3 is 10.6 Å². The van der Waals surface area contributed by atoms with E-state index in [0.717, 1.165) is 6.54 Å². The van der Waals surface area contributed by atoms with Crippen molar-refractivity contribution in [1.29, 1.82) is 0 Å². The standard InChI is InChI=1S/C13H28N2/c1-13(2,3)12(10-14)11-15-8-6-4-5-7-9-15/h12H,4-11,14H2,1-3H3. The van der Waals surface area contributed by atoms with Crippen LogP contribution in [0.1, 0.15) is 46.5 Å². The second kappa shape index (κ2) is 5.86. The van der Waals surface area contributed by atoms with Gasteiger partial charge in [0.1, 0.15) is 0 Å². The number of hydrogen-bond donors (Lipinski definition) is 1. The van der Waals surface area contributed by atoms with Crippen LogP contribution < -0.4 is 5.73 Å². The Hall–Kier alpha value is -0.0800. The first-order valence-corrected chi connectivity index (χ1v) is 6.46. The molecule has 1 aliphatic heterocycles. The van der Waals surface area contributed by atoms with Crippen LogP contribution in [0.2, 0.25) is 0 Å². The zero-order chi connectivity index (χ0) is 11.3. The molecule has 0 bridgehead atoms. The molecule has 0 aliphatic carbocycles. The van der Waals surface area contributed by atoms with Gasteiger partial charge in [-0.15, -0.1) is 0 Å². The summed E-state index contributed by atoms with van der Waals surface area (Å²) in [5, 5.41) is 0. The molecule has 0 aromatic rings. The molecule has 1 unspecified atom stereocenters. The van der Waals surface area contributed by atoms with Crippen molar-refractivity contribution in [2.45, 2.75) is 46.5 Å². The summed E-state index contributed by atoms with van der Waals surface area (Å²) in [7, 11) is 0. The minimum absolute atomic E-state index is 0.348. The maximum absolute atomic E-state index is 5.89. The van der Waals surface area contributed by atoms with E-state index in [9.17, 15) is 0 Å². The highest BCUT2D eigenvalue weighted by molar-refractivity contribution is 4.78. The summed E-state index contributed by atoms with van der Waals surface area (Å²) in [6.45, 7) is 11.5. The third kappa shape index (κ3) is 4.52. The van der Waals surface area contributed by atoms with Crippen LogP contribution in [0.15, 0.2) is 0 Å². The second-order valence-electron chi connectivity index (χ2n) is 6.01. The molecule has 0 spiro atoms. The monoisotopic (exact) mass is 212 g/mol. The average molecular weight is 212 g/mol. The molecule has 90 valence electrons.